The van der Waals surface area contributed by atoms with Crippen molar-refractivity contribution >= 4 is 5.91 Å². The van der Waals surface area contributed by atoms with Crippen molar-refractivity contribution in [1.29, 1.82) is 0 Å². The minimum atomic E-state index is -1.79. The van der Waals surface area contributed by atoms with Crippen LogP contribution in [0, 0.1) is 0 Å². The minimum Gasteiger partial charge on any atom is -0.394 e. The lowest BCUT2D eigenvalue weighted by molar-refractivity contribution is -0.359. The second kappa shape index (κ2) is 55.5. The predicted octanol–water partition coefficient (Wildman–Crippen LogP) is 14.3. The van der Waals surface area contributed by atoms with Gasteiger partial charge in [-0.2, -0.15) is 0 Å². The van der Waals surface area contributed by atoms with Gasteiger partial charge in [0.2, 0.25) is 5.91 Å². The van der Waals surface area contributed by atoms with Crippen LogP contribution in [0.25, 0.3) is 0 Å². The molecule has 84 heavy (non-hydrogen) atoms. The zero-order chi connectivity index (χ0) is 60.9. The summed E-state index contributed by atoms with van der Waals surface area (Å²) in [5, 5.41) is 87.1. The molecule has 0 saturated carbocycles. The van der Waals surface area contributed by atoms with Crippen molar-refractivity contribution < 1.29 is 64.6 Å². The van der Waals surface area contributed by atoms with E-state index in [1.54, 1.807) is 6.08 Å². The molecular weight excluding hydrogens is 1060 g/mol. The molecule has 0 radical (unpaired) electrons. The van der Waals surface area contributed by atoms with E-state index in [0.29, 0.717) is 12.8 Å². The summed E-state index contributed by atoms with van der Waals surface area (Å²) in [6.45, 7) is 2.80. The van der Waals surface area contributed by atoms with E-state index in [1.807, 2.05) is 6.08 Å². The number of unbranched alkanes of at least 4 members (excludes halogenated alkanes) is 44. The van der Waals surface area contributed by atoms with Crippen molar-refractivity contribution in [2.24, 2.45) is 0 Å². The summed E-state index contributed by atoms with van der Waals surface area (Å²) in [7, 11) is 0. The molecule has 0 aromatic heterocycles. The molecule has 2 rings (SSSR count). The van der Waals surface area contributed by atoms with Crippen LogP contribution < -0.4 is 5.32 Å². The molecule has 0 spiro atoms. The van der Waals surface area contributed by atoms with Crippen molar-refractivity contribution in [2.75, 3.05) is 19.8 Å². The number of allylic oxidation sites excluding steroid dienone is 3. The molecule has 2 heterocycles. The molecule has 496 valence electrons. The summed E-state index contributed by atoms with van der Waals surface area (Å²) in [6, 6.07) is -0.928. The lowest BCUT2D eigenvalue weighted by atomic mass is 9.97. The van der Waals surface area contributed by atoms with Gasteiger partial charge in [0.15, 0.2) is 12.6 Å². The third-order valence-corrected chi connectivity index (χ3v) is 17.6. The van der Waals surface area contributed by atoms with Gasteiger partial charge in [-0.05, 0) is 32.1 Å². The van der Waals surface area contributed by atoms with Crippen LogP contribution in [-0.2, 0) is 23.7 Å². The number of aliphatic hydroxyl groups is 8. The first kappa shape index (κ1) is 78.6. The number of rotatable bonds is 59. The lowest BCUT2D eigenvalue weighted by Gasteiger charge is -2.46. The Labute approximate surface area is 513 Å². The topological polar surface area (TPSA) is 228 Å². The Balaban J connectivity index is 1.56. The zero-order valence-electron chi connectivity index (χ0n) is 53.9. The monoisotopic (exact) mass is 1200 g/mol. The van der Waals surface area contributed by atoms with Crippen LogP contribution in [0.5, 0.6) is 0 Å². The summed E-state index contributed by atoms with van der Waals surface area (Å²) in [4.78, 5) is 13.3. The molecule has 12 unspecified atom stereocenters. The third kappa shape index (κ3) is 39.5. The molecule has 0 bridgehead atoms. The second-order valence-corrected chi connectivity index (χ2v) is 25.4. The Hall–Kier alpha value is -1.53. The van der Waals surface area contributed by atoms with Crippen LogP contribution in [0.15, 0.2) is 24.3 Å². The highest BCUT2D eigenvalue weighted by Gasteiger charge is 2.51. The number of carbonyl (C=O) groups is 1. The average molecular weight is 1200 g/mol. The SMILES string of the molecule is CCCCCCCCC/C=C/CC/C=C/C(O)C(COC1OC(CO)C(OC2OC(CO)C(O)C(O)C2O)C(O)C1O)NC(=O)CCCCCCCCCCCCCCCCCCCCCCCCCCCCCCCCCCCCCCC. The number of aliphatic hydroxyl groups excluding tert-OH is 8. The predicted molar refractivity (Wildman–Crippen MR) is 342 cm³/mol. The molecule has 2 fully saturated rings. The zero-order valence-corrected chi connectivity index (χ0v) is 53.9. The maximum absolute atomic E-state index is 13.3. The highest BCUT2D eigenvalue weighted by atomic mass is 16.7. The largest absolute Gasteiger partial charge is 0.394 e. The molecule has 12 atom stereocenters. The molecule has 0 aromatic rings. The molecule has 2 saturated heterocycles. The van der Waals surface area contributed by atoms with Gasteiger partial charge in [-0.1, -0.05) is 308 Å². The van der Waals surface area contributed by atoms with Crippen molar-refractivity contribution in [3.05, 3.63) is 24.3 Å². The van der Waals surface area contributed by atoms with Crippen LogP contribution in [0.4, 0.5) is 0 Å². The van der Waals surface area contributed by atoms with Crippen LogP contribution >= 0.6 is 0 Å². The lowest BCUT2D eigenvalue weighted by Crippen LogP contribution is -2.65. The third-order valence-electron chi connectivity index (χ3n) is 17.6. The number of hydrogen-bond donors (Lipinski definition) is 9. The smallest absolute Gasteiger partial charge is 0.220 e. The highest BCUT2D eigenvalue weighted by molar-refractivity contribution is 5.76. The molecule has 14 nitrogen and oxygen atoms in total. The Kier molecular flexibility index (Phi) is 51.9. The Morgan fingerprint density at radius 1 is 0.417 bits per heavy atom. The first-order valence-electron chi connectivity index (χ1n) is 35.6. The van der Waals surface area contributed by atoms with Gasteiger partial charge in [-0.15, -0.1) is 0 Å². The van der Waals surface area contributed by atoms with Gasteiger partial charge < -0.3 is 65.1 Å². The Morgan fingerprint density at radius 3 is 1.17 bits per heavy atom. The van der Waals surface area contributed by atoms with E-state index in [2.05, 4.69) is 31.3 Å². The van der Waals surface area contributed by atoms with Crippen LogP contribution in [-0.4, -0.2) is 140 Å². The fraction of sp³-hybridized carbons (Fsp3) is 0.929. The molecule has 0 aliphatic carbocycles. The molecule has 2 aliphatic heterocycles. The van der Waals surface area contributed by atoms with E-state index in [-0.39, 0.29) is 18.9 Å². The van der Waals surface area contributed by atoms with Gasteiger partial charge in [-0.3, -0.25) is 4.79 Å². The van der Waals surface area contributed by atoms with Gasteiger partial charge in [-0.25, -0.2) is 0 Å². The summed E-state index contributed by atoms with van der Waals surface area (Å²) in [6.07, 6.45) is 52.8. The van der Waals surface area contributed by atoms with E-state index in [9.17, 15) is 45.6 Å². The highest BCUT2D eigenvalue weighted by Crippen LogP contribution is 2.30. The summed E-state index contributed by atoms with van der Waals surface area (Å²) < 4.78 is 22.8. The maximum Gasteiger partial charge on any atom is 0.220 e. The molecule has 9 N–H and O–H groups in total. The first-order valence-corrected chi connectivity index (χ1v) is 35.6. The fourth-order valence-electron chi connectivity index (χ4n) is 12.0. The van der Waals surface area contributed by atoms with Gasteiger partial charge in [0.1, 0.15) is 48.8 Å². The Morgan fingerprint density at radius 2 is 0.762 bits per heavy atom. The van der Waals surface area contributed by atoms with Crippen molar-refractivity contribution in [1.82, 2.24) is 5.32 Å². The summed E-state index contributed by atoms with van der Waals surface area (Å²) in [5.41, 5.74) is 0. The fourth-order valence-corrected chi connectivity index (χ4v) is 12.0. The molecule has 1 amide bonds. The van der Waals surface area contributed by atoms with E-state index in [0.717, 1.165) is 32.1 Å². The summed E-state index contributed by atoms with van der Waals surface area (Å²) >= 11 is 0. The van der Waals surface area contributed by atoms with Gasteiger partial charge >= 0.3 is 0 Å². The number of amides is 1. The first-order chi connectivity index (χ1) is 41.1. The van der Waals surface area contributed by atoms with Crippen LogP contribution in [0.3, 0.4) is 0 Å². The maximum atomic E-state index is 13.3. The van der Waals surface area contributed by atoms with E-state index >= 15 is 0 Å². The van der Waals surface area contributed by atoms with Crippen molar-refractivity contribution in [3.8, 4) is 0 Å². The van der Waals surface area contributed by atoms with Crippen LogP contribution in [0.1, 0.15) is 322 Å². The van der Waals surface area contributed by atoms with Crippen LogP contribution in [0.2, 0.25) is 0 Å². The number of ether oxygens (including phenoxy) is 4. The normalized spacial score (nSPS) is 23.7. The number of carbonyl (C=O) groups excluding carboxylic acids is 1. The summed E-state index contributed by atoms with van der Waals surface area (Å²) in [5.74, 6) is -0.243. The minimum absolute atomic E-state index is 0.243. The van der Waals surface area contributed by atoms with E-state index in [1.165, 1.54) is 257 Å². The second-order valence-electron chi connectivity index (χ2n) is 25.4. The Bertz CT molecular complexity index is 1500. The van der Waals surface area contributed by atoms with Gasteiger partial charge in [0.05, 0.1) is 32.0 Å². The molecule has 14 heteroatoms. The number of nitrogens with one attached hydrogen (secondary N) is 1. The van der Waals surface area contributed by atoms with Crippen molar-refractivity contribution in [3.63, 3.8) is 0 Å². The molecule has 2 aliphatic rings. The molecular formula is C70H133NO13. The average Bonchev–Trinajstić information content (AvgIpc) is 3.52. The standard InChI is InChI=1S/C70H133NO13/c1-3-5-7-9-11-13-15-17-18-19-20-21-22-23-24-25-26-27-28-29-30-31-32-33-34-35-36-37-38-39-40-42-44-46-48-50-52-54-62(75)71-58(59(74)53-51-49-47-45-43-41-16-14-12-10-8-6-4-2)57-81-69-67(80)65(78)68(61(56-73)83-69)84-70-66(79)64(77)63(76)60(55-72)82-70/h43,45,51,53,58-61,63-70,72-74,76-80H,3-42,44,46-50,52,54-57H2,1-2H3,(H,71,75)/b45-43+,53-51+. The van der Waals surface area contributed by atoms with E-state index in [4.69, 9.17) is 18.9 Å². The van der Waals surface area contributed by atoms with Gasteiger partial charge in [0.25, 0.3) is 0 Å². The van der Waals surface area contributed by atoms with Gasteiger partial charge in [0, 0.05) is 6.42 Å². The quantitative estimate of drug-likeness (QED) is 0.0204. The molecule has 0 aromatic carbocycles. The number of hydrogen-bond acceptors (Lipinski definition) is 13. The van der Waals surface area contributed by atoms with E-state index < -0.39 is 86.8 Å². The van der Waals surface area contributed by atoms with Crippen molar-refractivity contribution in [2.45, 2.75) is 396 Å².